The fourth-order valence-electron chi connectivity index (χ4n) is 2.30. The van der Waals surface area contributed by atoms with Crippen LogP contribution in [0.1, 0.15) is 32.1 Å². The van der Waals surface area contributed by atoms with E-state index in [0.29, 0.717) is 5.38 Å². The maximum Gasteiger partial charge on any atom is 0.0719 e. The second kappa shape index (κ2) is 4.16. The van der Waals surface area contributed by atoms with Crippen molar-refractivity contribution in [1.82, 2.24) is 0 Å². The highest BCUT2D eigenvalue weighted by atomic mass is 35.5. The van der Waals surface area contributed by atoms with Gasteiger partial charge in [0, 0.05) is 25.2 Å². The Morgan fingerprint density at radius 3 is 2.92 bits per heavy atom. The van der Waals surface area contributed by atoms with Gasteiger partial charge in [-0.15, -0.1) is 11.6 Å². The molecule has 1 spiro atoms. The highest BCUT2D eigenvalue weighted by molar-refractivity contribution is 6.20. The van der Waals surface area contributed by atoms with E-state index in [1.807, 2.05) is 0 Å². The Morgan fingerprint density at radius 1 is 1.15 bits per heavy atom. The topological polar surface area (TPSA) is 18.5 Å². The van der Waals surface area contributed by atoms with Crippen LogP contribution in [0.25, 0.3) is 0 Å². The molecule has 0 aliphatic carbocycles. The zero-order chi connectivity index (χ0) is 9.15. The minimum absolute atomic E-state index is 0.0567. The first kappa shape index (κ1) is 9.75. The van der Waals surface area contributed by atoms with E-state index < -0.39 is 0 Å². The molecule has 0 N–H and O–H groups in total. The molecule has 2 atom stereocenters. The molecule has 2 nitrogen and oxygen atoms in total. The van der Waals surface area contributed by atoms with Gasteiger partial charge in [-0.25, -0.2) is 0 Å². The monoisotopic (exact) mass is 204 g/mol. The summed E-state index contributed by atoms with van der Waals surface area (Å²) in [5, 5.41) is 0.312. The lowest BCUT2D eigenvalue weighted by Crippen LogP contribution is -2.40. The molecule has 0 amide bonds. The molecule has 0 aromatic heterocycles. The van der Waals surface area contributed by atoms with Crippen LogP contribution in [0.15, 0.2) is 0 Å². The van der Waals surface area contributed by atoms with Gasteiger partial charge in [-0.1, -0.05) is 0 Å². The summed E-state index contributed by atoms with van der Waals surface area (Å²) in [6.45, 7) is 2.55. The quantitative estimate of drug-likeness (QED) is 0.564. The van der Waals surface area contributed by atoms with Gasteiger partial charge in [-0.2, -0.15) is 0 Å². The number of hydrogen-bond acceptors (Lipinski definition) is 2. The van der Waals surface area contributed by atoms with Crippen LogP contribution >= 0.6 is 11.6 Å². The van der Waals surface area contributed by atoms with Crippen LogP contribution in [0, 0.1) is 0 Å². The molecule has 0 radical (unpaired) electrons. The Balaban J connectivity index is 1.99. The molecule has 0 bridgehead atoms. The molecule has 76 valence electrons. The largest absolute Gasteiger partial charge is 0.381 e. The molecular formula is C10H17ClO2. The maximum atomic E-state index is 6.17. The average Bonchev–Trinajstić information content (AvgIpc) is 2.31. The van der Waals surface area contributed by atoms with Crippen LogP contribution in [0.4, 0.5) is 0 Å². The van der Waals surface area contributed by atoms with Crippen LogP contribution in [0.2, 0.25) is 0 Å². The summed E-state index contributed by atoms with van der Waals surface area (Å²) >= 11 is 6.17. The summed E-state index contributed by atoms with van der Waals surface area (Å²) in [5.41, 5.74) is 0.0567. The van der Waals surface area contributed by atoms with Crippen LogP contribution < -0.4 is 0 Å². The Morgan fingerprint density at radius 2 is 2.08 bits per heavy atom. The molecule has 0 saturated carbocycles. The number of rotatable bonds is 0. The molecule has 2 aliphatic heterocycles. The van der Waals surface area contributed by atoms with E-state index in [2.05, 4.69) is 0 Å². The molecule has 2 heterocycles. The van der Waals surface area contributed by atoms with Gasteiger partial charge in [-0.05, 0) is 32.1 Å². The smallest absolute Gasteiger partial charge is 0.0719 e. The minimum atomic E-state index is 0.0567. The summed E-state index contributed by atoms with van der Waals surface area (Å²) in [6.07, 6.45) is 5.28. The Kier molecular flexibility index (Phi) is 3.12. The van der Waals surface area contributed by atoms with Crippen molar-refractivity contribution in [2.45, 2.75) is 43.1 Å². The van der Waals surface area contributed by atoms with E-state index in [4.69, 9.17) is 21.1 Å². The van der Waals surface area contributed by atoms with E-state index in [-0.39, 0.29) is 5.60 Å². The molecule has 2 saturated heterocycles. The molecule has 0 aromatic rings. The van der Waals surface area contributed by atoms with Gasteiger partial charge < -0.3 is 9.47 Å². The lowest BCUT2D eigenvalue weighted by Gasteiger charge is -2.38. The zero-order valence-electron chi connectivity index (χ0n) is 7.93. The van der Waals surface area contributed by atoms with Crippen LogP contribution in [0.5, 0.6) is 0 Å². The normalized spacial score (nSPS) is 41.8. The lowest BCUT2D eigenvalue weighted by molar-refractivity contribution is -0.0871. The first-order valence-electron chi connectivity index (χ1n) is 5.17. The van der Waals surface area contributed by atoms with Crippen molar-refractivity contribution in [1.29, 1.82) is 0 Å². The number of ether oxygens (including phenoxy) is 2. The van der Waals surface area contributed by atoms with Gasteiger partial charge in [0.25, 0.3) is 0 Å². The molecule has 3 heteroatoms. The Hall–Kier alpha value is 0.210. The summed E-state index contributed by atoms with van der Waals surface area (Å²) in [6, 6.07) is 0. The molecule has 0 aromatic carbocycles. The SMILES string of the molecule is ClC1CCOC2(CCCOCC2)C1. The summed E-state index contributed by atoms with van der Waals surface area (Å²) in [7, 11) is 0. The van der Waals surface area contributed by atoms with Gasteiger partial charge in [0.05, 0.1) is 5.60 Å². The van der Waals surface area contributed by atoms with Crippen molar-refractivity contribution in [3.8, 4) is 0 Å². The van der Waals surface area contributed by atoms with E-state index in [1.165, 1.54) is 0 Å². The molecular weight excluding hydrogens is 188 g/mol. The van der Waals surface area contributed by atoms with Crippen molar-refractivity contribution >= 4 is 11.6 Å². The van der Waals surface area contributed by atoms with E-state index in [0.717, 1.165) is 51.9 Å². The average molecular weight is 205 g/mol. The molecule has 2 fully saturated rings. The van der Waals surface area contributed by atoms with Gasteiger partial charge in [-0.3, -0.25) is 0 Å². The molecule has 2 unspecified atom stereocenters. The second-order valence-corrected chi connectivity index (χ2v) is 4.70. The number of hydrogen-bond donors (Lipinski definition) is 0. The first-order chi connectivity index (χ1) is 6.31. The predicted molar refractivity (Wildman–Crippen MR) is 52.2 cm³/mol. The van der Waals surface area contributed by atoms with Crippen molar-refractivity contribution in [3.63, 3.8) is 0 Å². The van der Waals surface area contributed by atoms with Gasteiger partial charge in [0.15, 0.2) is 0 Å². The van der Waals surface area contributed by atoms with E-state index >= 15 is 0 Å². The molecule has 13 heavy (non-hydrogen) atoms. The predicted octanol–water partition coefficient (Wildman–Crippen LogP) is 2.34. The third-order valence-electron chi connectivity index (χ3n) is 3.06. The molecule has 2 aliphatic rings. The maximum absolute atomic E-state index is 6.17. The van der Waals surface area contributed by atoms with Gasteiger partial charge >= 0.3 is 0 Å². The fraction of sp³-hybridized carbons (Fsp3) is 1.00. The van der Waals surface area contributed by atoms with Gasteiger partial charge in [0.1, 0.15) is 0 Å². The van der Waals surface area contributed by atoms with E-state index in [1.54, 1.807) is 0 Å². The summed E-state index contributed by atoms with van der Waals surface area (Å²) < 4.78 is 11.3. The van der Waals surface area contributed by atoms with Crippen LogP contribution in [-0.2, 0) is 9.47 Å². The molecule has 2 rings (SSSR count). The highest BCUT2D eigenvalue weighted by Gasteiger charge is 2.37. The van der Waals surface area contributed by atoms with Crippen molar-refractivity contribution in [2.75, 3.05) is 19.8 Å². The van der Waals surface area contributed by atoms with Crippen molar-refractivity contribution in [2.24, 2.45) is 0 Å². The lowest BCUT2D eigenvalue weighted by atomic mass is 9.87. The van der Waals surface area contributed by atoms with Gasteiger partial charge in [0.2, 0.25) is 0 Å². The Bertz CT molecular complexity index is 164. The van der Waals surface area contributed by atoms with Crippen LogP contribution in [0.3, 0.4) is 0 Å². The third-order valence-corrected chi connectivity index (χ3v) is 3.43. The van der Waals surface area contributed by atoms with Crippen LogP contribution in [-0.4, -0.2) is 30.8 Å². The second-order valence-electron chi connectivity index (χ2n) is 4.09. The van der Waals surface area contributed by atoms with E-state index in [9.17, 15) is 0 Å². The minimum Gasteiger partial charge on any atom is -0.381 e. The van der Waals surface area contributed by atoms with Crippen molar-refractivity contribution < 1.29 is 9.47 Å². The van der Waals surface area contributed by atoms with Crippen molar-refractivity contribution in [3.05, 3.63) is 0 Å². The Labute approximate surface area is 84.5 Å². The standard InChI is InChI=1S/C10H17ClO2/c11-9-2-6-13-10(8-9)3-1-5-12-7-4-10/h9H,1-8H2. The first-order valence-corrected chi connectivity index (χ1v) is 5.60. The summed E-state index contributed by atoms with van der Waals surface area (Å²) in [4.78, 5) is 0. The third kappa shape index (κ3) is 2.36. The number of alkyl halides is 1. The highest BCUT2D eigenvalue weighted by Crippen LogP contribution is 2.36. The summed E-state index contributed by atoms with van der Waals surface area (Å²) in [5.74, 6) is 0. The fourth-order valence-corrected chi connectivity index (χ4v) is 2.67. The number of halogens is 1. The zero-order valence-corrected chi connectivity index (χ0v) is 8.68.